The van der Waals surface area contributed by atoms with Crippen molar-refractivity contribution < 1.29 is 4.79 Å². The summed E-state index contributed by atoms with van der Waals surface area (Å²) in [5.74, 6) is 0.519. The maximum atomic E-state index is 12.9. The van der Waals surface area contributed by atoms with Gasteiger partial charge in [-0.05, 0) is 39.0 Å². The van der Waals surface area contributed by atoms with E-state index < -0.39 is 0 Å². The summed E-state index contributed by atoms with van der Waals surface area (Å²) in [6.07, 6.45) is 6.93. The van der Waals surface area contributed by atoms with Crippen LogP contribution >= 0.6 is 0 Å². The number of amides is 1. The van der Waals surface area contributed by atoms with Crippen LogP contribution < -0.4 is 5.32 Å². The molecule has 0 radical (unpaired) electrons. The van der Waals surface area contributed by atoms with Gasteiger partial charge in [-0.15, -0.1) is 0 Å². The van der Waals surface area contributed by atoms with E-state index in [0.29, 0.717) is 17.9 Å². The maximum Gasteiger partial charge on any atom is 0.252 e. The van der Waals surface area contributed by atoms with Gasteiger partial charge in [0.05, 0.1) is 17.1 Å². The molecule has 8 heteroatoms. The molecule has 4 heterocycles. The van der Waals surface area contributed by atoms with Crippen LogP contribution in [0.1, 0.15) is 41.5 Å². The molecule has 8 nitrogen and oxygen atoms in total. The molecule has 0 fully saturated rings. The average molecular weight is 375 g/mol. The van der Waals surface area contributed by atoms with Crippen LogP contribution in [0.25, 0.3) is 16.9 Å². The van der Waals surface area contributed by atoms with Gasteiger partial charge in [0.25, 0.3) is 5.91 Å². The molecule has 0 aliphatic heterocycles. The number of hydrogen-bond donors (Lipinski definition) is 1. The van der Waals surface area contributed by atoms with Crippen molar-refractivity contribution in [1.29, 1.82) is 0 Å². The average Bonchev–Trinajstić information content (AvgIpc) is 3.35. The third-order valence-corrected chi connectivity index (χ3v) is 4.46. The zero-order chi connectivity index (χ0) is 19.7. The van der Waals surface area contributed by atoms with Crippen molar-refractivity contribution in [2.75, 3.05) is 0 Å². The molecule has 1 amide bonds. The SMILES string of the molecule is Cc1cc(C(=O)NCc2cccnc2-n2cccn2)c2cnn(C(C)C)c2n1. The summed E-state index contributed by atoms with van der Waals surface area (Å²) < 4.78 is 3.51. The lowest BCUT2D eigenvalue weighted by molar-refractivity contribution is 0.0952. The van der Waals surface area contributed by atoms with E-state index in [1.807, 2.05) is 49.8 Å². The van der Waals surface area contributed by atoms with Gasteiger partial charge < -0.3 is 5.32 Å². The third kappa shape index (κ3) is 3.24. The molecule has 142 valence electrons. The first-order valence-electron chi connectivity index (χ1n) is 9.11. The Bertz CT molecular complexity index is 1130. The van der Waals surface area contributed by atoms with E-state index >= 15 is 0 Å². The minimum Gasteiger partial charge on any atom is -0.348 e. The van der Waals surface area contributed by atoms with E-state index in [-0.39, 0.29) is 11.9 Å². The molecular weight excluding hydrogens is 354 g/mol. The summed E-state index contributed by atoms with van der Waals surface area (Å²) >= 11 is 0. The number of carbonyl (C=O) groups is 1. The molecule has 1 N–H and O–H groups in total. The molecule has 4 aromatic rings. The van der Waals surface area contributed by atoms with Gasteiger partial charge in [-0.3, -0.25) is 4.79 Å². The summed E-state index contributed by atoms with van der Waals surface area (Å²) in [4.78, 5) is 21.9. The Kier molecular flexibility index (Phi) is 4.60. The van der Waals surface area contributed by atoms with Crippen LogP contribution in [0, 0.1) is 6.92 Å². The van der Waals surface area contributed by atoms with E-state index in [1.54, 1.807) is 29.3 Å². The lowest BCUT2D eigenvalue weighted by Gasteiger charge is -2.11. The first kappa shape index (κ1) is 17.8. The minimum atomic E-state index is -0.172. The van der Waals surface area contributed by atoms with Gasteiger partial charge in [0.15, 0.2) is 11.5 Å². The molecule has 0 atom stereocenters. The second-order valence-electron chi connectivity index (χ2n) is 6.85. The summed E-state index contributed by atoms with van der Waals surface area (Å²) in [6.45, 7) is 6.29. The molecule has 0 spiro atoms. The standard InChI is InChI=1S/C20H21N7O/c1-13(2)27-19-17(12-24-27)16(10-14(3)25-19)20(28)22-11-15-6-4-7-21-18(15)26-9-5-8-23-26/h4-10,12-13H,11H2,1-3H3,(H,22,28). The zero-order valence-corrected chi connectivity index (χ0v) is 16.0. The van der Waals surface area contributed by atoms with Crippen molar-refractivity contribution >= 4 is 16.9 Å². The number of pyridine rings is 2. The smallest absolute Gasteiger partial charge is 0.252 e. The Morgan fingerprint density at radius 1 is 1.21 bits per heavy atom. The second-order valence-corrected chi connectivity index (χ2v) is 6.85. The largest absolute Gasteiger partial charge is 0.348 e. The van der Waals surface area contributed by atoms with Crippen LogP contribution in [0.4, 0.5) is 0 Å². The number of nitrogens with one attached hydrogen (secondary N) is 1. The Morgan fingerprint density at radius 3 is 2.82 bits per heavy atom. The highest BCUT2D eigenvalue weighted by atomic mass is 16.1. The maximum absolute atomic E-state index is 12.9. The van der Waals surface area contributed by atoms with Crippen LogP contribution in [0.5, 0.6) is 0 Å². The molecule has 0 unspecified atom stereocenters. The van der Waals surface area contributed by atoms with Gasteiger partial charge in [0.1, 0.15) is 0 Å². The normalized spacial score (nSPS) is 11.3. The van der Waals surface area contributed by atoms with E-state index in [4.69, 9.17) is 0 Å². The molecule has 0 saturated carbocycles. The Labute approximate surface area is 162 Å². The fourth-order valence-electron chi connectivity index (χ4n) is 3.15. The predicted octanol–water partition coefficient (Wildman–Crippen LogP) is 2.83. The molecule has 4 rings (SSSR count). The molecule has 0 aliphatic rings. The van der Waals surface area contributed by atoms with Gasteiger partial charge in [0, 0.05) is 42.4 Å². The van der Waals surface area contributed by atoms with Crippen LogP contribution in [-0.4, -0.2) is 35.4 Å². The van der Waals surface area contributed by atoms with Gasteiger partial charge >= 0.3 is 0 Å². The van der Waals surface area contributed by atoms with E-state index in [2.05, 4.69) is 25.5 Å². The Hall–Kier alpha value is -3.55. The van der Waals surface area contributed by atoms with Crippen molar-refractivity contribution in [1.82, 2.24) is 34.8 Å². The minimum absolute atomic E-state index is 0.162. The summed E-state index contributed by atoms with van der Waals surface area (Å²) in [6, 6.07) is 7.56. The molecule has 28 heavy (non-hydrogen) atoms. The highest BCUT2D eigenvalue weighted by molar-refractivity contribution is 6.05. The van der Waals surface area contributed by atoms with Crippen molar-refractivity contribution in [2.24, 2.45) is 0 Å². The number of hydrogen-bond acceptors (Lipinski definition) is 5. The number of nitrogens with zero attached hydrogens (tertiary/aromatic N) is 6. The lowest BCUT2D eigenvalue weighted by atomic mass is 10.1. The molecule has 0 aliphatic carbocycles. The predicted molar refractivity (Wildman–Crippen MR) is 105 cm³/mol. The van der Waals surface area contributed by atoms with Gasteiger partial charge in [-0.2, -0.15) is 10.2 Å². The van der Waals surface area contributed by atoms with Crippen LogP contribution in [0.3, 0.4) is 0 Å². The van der Waals surface area contributed by atoms with Crippen LogP contribution in [0.15, 0.2) is 49.1 Å². The number of carbonyl (C=O) groups excluding carboxylic acids is 1. The Balaban J connectivity index is 1.62. The quantitative estimate of drug-likeness (QED) is 0.579. The van der Waals surface area contributed by atoms with Crippen molar-refractivity contribution in [3.63, 3.8) is 0 Å². The van der Waals surface area contributed by atoms with Gasteiger partial charge in [0.2, 0.25) is 0 Å². The summed E-state index contributed by atoms with van der Waals surface area (Å²) in [5.41, 5.74) is 2.94. The van der Waals surface area contributed by atoms with Crippen molar-refractivity contribution in [2.45, 2.75) is 33.4 Å². The summed E-state index contributed by atoms with van der Waals surface area (Å²) in [5, 5.41) is 12.4. The topological polar surface area (TPSA) is 90.5 Å². The lowest BCUT2D eigenvalue weighted by Crippen LogP contribution is -2.24. The first-order chi connectivity index (χ1) is 13.5. The number of aryl methyl sites for hydroxylation is 1. The van der Waals surface area contributed by atoms with Gasteiger partial charge in [-0.1, -0.05) is 6.07 Å². The number of rotatable bonds is 5. The second kappa shape index (κ2) is 7.22. The first-order valence-corrected chi connectivity index (χ1v) is 9.11. The third-order valence-electron chi connectivity index (χ3n) is 4.46. The van der Waals surface area contributed by atoms with Crippen LogP contribution in [0.2, 0.25) is 0 Å². The molecule has 0 aromatic carbocycles. The molecule has 0 saturated heterocycles. The molecule has 0 bridgehead atoms. The highest BCUT2D eigenvalue weighted by Gasteiger charge is 2.17. The number of aromatic nitrogens is 6. The van der Waals surface area contributed by atoms with Gasteiger partial charge in [-0.25, -0.2) is 19.3 Å². The van der Waals surface area contributed by atoms with Crippen molar-refractivity contribution in [3.8, 4) is 5.82 Å². The highest BCUT2D eigenvalue weighted by Crippen LogP contribution is 2.21. The monoisotopic (exact) mass is 375 g/mol. The number of fused-ring (bicyclic) bond motifs is 1. The molecular formula is C20H21N7O. The van der Waals surface area contributed by atoms with Crippen molar-refractivity contribution in [3.05, 3.63) is 65.9 Å². The van der Waals surface area contributed by atoms with E-state index in [9.17, 15) is 4.79 Å². The fraction of sp³-hybridized carbons (Fsp3) is 0.250. The zero-order valence-electron chi connectivity index (χ0n) is 16.0. The molecule has 4 aromatic heterocycles. The van der Waals surface area contributed by atoms with E-state index in [0.717, 1.165) is 22.3 Å². The Morgan fingerprint density at radius 2 is 2.07 bits per heavy atom. The van der Waals surface area contributed by atoms with Crippen LogP contribution in [-0.2, 0) is 6.54 Å². The van der Waals surface area contributed by atoms with E-state index in [1.165, 1.54) is 0 Å². The fourth-order valence-corrected chi connectivity index (χ4v) is 3.15. The summed E-state index contributed by atoms with van der Waals surface area (Å²) in [7, 11) is 0.